The predicted octanol–water partition coefficient (Wildman–Crippen LogP) is 7.33. The summed E-state index contributed by atoms with van der Waals surface area (Å²) < 4.78 is 63.3. The number of hydrogen-bond acceptors (Lipinski definition) is 5. The van der Waals surface area contributed by atoms with Crippen molar-refractivity contribution in [2.75, 3.05) is 17.2 Å². The first-order valence-electron chi connectivity index (χ1n) is 14.9. The minimum absolute atomic E-state index is 0.136. The SMILES string of the molecule is CCCCCCCCS(=O)(=O)CCCCCCCCCCC[C@](C)(O)C(=O)NCc1ccc(N)c(C(F)(F)F)c1. The number of benzene rings is 1. The van der Waals surface area contributed by atoms with E-state index in [1.165, 1.54) is 32.3 Å². The number of amides is 1. The molecule has 0 spiro atoms. The number of sulfone groups is 1. The van der Waals surface area contributed by atoms with Crippen molar-refractivity contribution in [3.63, 3.8) is 0 Å². The second-order valence-electron chi connectivity index (χ2n) is 11.2. The lowest BCUT2D eigenvalue weighted by Gasteiger charge is -2.22. The molecule has 1 rings (SSSR count). The van der Waals surface area contributed by atoms with Crippen LogP contribution in [0.2, 0.25) is 0 Å². The van der Waals surface area contributed by atoms with Crippen molar-refractivity contribution in [3.05, 3.63) is 29.3 Å². The Labute approximate surface area is 239 Å². The Morgan fingerprint density at radius 3 is 1.82 bits per heavy atom. The number of carbonyl (C=O) groups is 1. The molecule has 0 radical (unpaired) electrons. The molecule has 232 valence electrons. The van der Waals surface area contributed by atoms with Gasteiger partial charge in [0.05, 0.1) is 17.1 Å². The van der Waals surface area contributed by atoms with E-state index in [2.05, 4.69) is 12.2 Å². The van der Waals surface area contributed by atoms with Crippen LogP contribution in [0, 0.1) is 0 Å². The molecule has 6 nitrogen and oxygen atoms in total. The molecule has 1 amide bonds. The van der Waals surface area contributed by atoms with Crippen molar-refractivity contribution >= 4 is 21.4 Å². The second-order valence-corrected chi connectivity index (χ2v) is 13.5. The maximum atomic E-state index is 13.0. The molecule has 0 aliphatic heterocycles. The molecule has 1 atom stereocenters. The van der Waals surface area contributed by atoms with Gasteiger partial charge in [-0.2, -0.15) is 13.2 Å². The van der Waals surface area contributed by atoms with E-state index in [1.807, 2.05) is 0 Å². The Morgan fingerprint density at radius 2 is 1.32 bits per heavy atom. The fourth-order valence-electron chi connectivity index (χ4n) is 4.68. The van der Waals surface area contributed by atoms with Crippen LogP contribution in [0.25, 0.3) is 0 Å². The highest BCUT2D eigenvalue weighted by atomic mass is 32.2. The third-order valence-corrected chi connectivity index (χ3v) is 9.11. The summed E-state index contributed by atoms with van der Waals surface area (Å²) in [6, 6.07) is 3.48. The Bertz CT molecular complexity index is 966. The van der Waals surface area contributed by atoms with Crippen LogP contribution in [0.15, 0.2) is 18.2 Å². The van der Waals surface area contributed by atoms with Crippen LogP contribution in [0.4, 0.5) is 18.9 Å². The highest BCUT2D eigenvalue weighted by Gasteiger charge is 2.33. The second kappa shape index (κ2) is 18.6. The van der Waals surface area contributed by atoms with E-state index in [0.29, 0.717) is 17.9 Å². The summed E-state index contributed by atoms with van der Waals surface area (Å²) in [5.74, 6) is -0.00446. The van der Waals surface area contributed by atoms with E-state index in [4.69, 9.17) is 5.73 Å². The molecular formula is C30H51F3N2O4S. The monoisotopic (exact) mass is 592 g/mol. The molecule has 0 aromatic heterocycles. The summed E-state index contributed by atoms with van der Waals surface area (Å²) in [5, 5.41) is 13.0. The van der Waals surface area contributed by atoms with Crippen LogP contribution in [0.1, 0.15) is 128 Å². The summed E-state index contributed by atoms with van der Waals surface area (Å²) in [4.78, 5) is 12.4. The third-order valence-electron chi connectivity index (χ3n) is 7.29. The van der Waals surface area contributed by atoms with Gasteiger partial charge >= 0.3 is 6.18 Å². The van der Waals surface area contributed by atoms with Crippen LogP contribution >= 0.6 is 0 Å². The minimum Gasteiger partial charge on any atom is -0.398 e. The standard InChI is InChI=1S/C30H51F3N2O4S/c1-3-4-5-6-13-16-21-40(38,39)22-17-14-11-9-7-8-10-12-15-20-29(2,37)28(36)35-24-25-18-19-27(34)26(23-25)30(31,32)33/h18-19,23,37H,3-17,20-22,24,34H2,1-2H3,(H,35,36)/t29-/m0/s1. The number of halogens is 3. The van der Waals surface area contributed by atoms with Gasteiger partial charge in [0.25, 0.3) is 5.91 Å². The Hall–Kier alpha value is -1.81. The van der Waals surface area contributed by atoms with Crippen LogP contribution in [-0.4, -0.2) is 36.5 Å². The lowest BCUT2D eigenvalue weighted by molar-refractivity contribution is -0.139. The number of hydrogen-bond donors (Lipinski definition) is 3. The molecule has 0 aliphatic carbocycles. The van der Waals surface area contributed by atoms with Gasteiger partial charge in [0.15, 0.2) is 0 Å². The maximum absolute atomic E-state index is 13.0. The molecule has 0 fully saturated rings. The number of alkyl halides is 3. The Morgan fingerprint density at radius 1 is 0.850 bits per heavy atom. The number of nitrogens with one attached hydrogen (secondary N) is 1. The molecular weight excluding hydrogens is 541 g/mol. The largest absolute Gasteiger partial charge is 0.418 e. The van der Waals surface area contributed by atoms with Crippen LogP contribution in [0.5, 0.6) is 0 Å². The predicted molar refractivity (Wildman–Crippen MR) is 157 cm³/mol. The minimum atomic E-state index is -4.58. The zero-order chi connectivity index (χ0) is 30.1. The average molecular weight is 593 g/mol. The highest BCUT2D eigenvalue weighted by Crippen LogP contribution is 2.34. The molecule has 0 heterocycles. The summed E-state index contributed by atoms with van der Waals surface area (Å²) in [5.41, 5.74) is 2.73. The first kappa shape index (κ1) is 36.2. The smallest absolute Gasteiger partial charge is 0.398 e. The summed E-state index contributed by atoms with van der Waals surface area (Å²) in [7, 11) is -2.92. The van der Waals surface area contributed by atoms with Crippen molar-refractivity contribution in [2.45, 2.75) is 135 Å². The van der Waals surface area contributed by atoms with Crippen molar-refractivity contribution in [3.8, 4) is 0 Å². The normalized spacial score (nSPS) is 13.8. The van der Waals surface area contributed by atoms with E-state index in [1.54, 1.807) is 0 Å². The summed E-state index contributed by atoms with van der Waals surface area (Å²) >= 11 is 0. The number of unbranched alkanes of at least 4 members (excludes halogenated alkanes) is 13. The van der Waals surface area contributed by atoms with Crippen LogP contribution in [0.3, 0.4) is 0 Å². The molecule has 0 bridgehead atoms. The molecule has 4 N–H and O–H groups in total. The number of nitrogens with two attached hydrogens (primary N) is 1. The van der Waals surface area contributed by atoms with E-state index in [-0.39, 0.29) is 24.2 Å². The molecule has 0 saturated heterocycles. The van der Waals surface area contributed by atoms with Crippen molar-refractivity contribution in [1.29, 1.82) is 0 Å². The Balaban J connectivity index is 2.11. The van der Waals surface area contributed by atoms with Gasteiger partial charge < -0.3 is 16.2 Å². The van der Waals surface area contributed by atoms with E-state index < -0.39 is 33.1 Å². The van der Waals surface area contributed by atoms with E-state index in [9.17, 15) is 31.5 Å². The number of carbonyl (C=O) groups excluding carboxylic acids is 1. The van der Waals surface area contributed by atoms with E-state index >= 15 is 0 Å². The zero-order valence-corrected chi connectivity index (χ0v) is 25.3. The average Bonchev–Trinajstić information content (AvgIpc) is 2.87. The molecule has 0 aliphatic rings. The number of anilines is 1. The lowest BCUT2D eigenvalue weighted by Crippen LogP contribution is -2.44. The van der Waals surface area contributed by atoms with Crippen molar-refractivity contribution < 1.29 is 31.5 Å². The first-order valence-corrected chi connectivity index (χ1v) is 16.8. The third kappa shape index (κ3) is 15.8. The van der Waals surface area contributed by atoms with Gasteiger partial charge in [-0.25, -0.2) is 8.42 Å². The number of nitrogen functional groups attached to an aromatic ring is 1. The van der Waals surface area contributed by atoms with Gasteiger partial charge in [0.2, 0.25) is 0 Å². The molecule has 0 saturated carbocycles. The van der Waals surface area contributed by atoms with Gasteiger partial charge in [-0.05, 0) is 43.9 Å². The molecule has 0 unspecified atom stereocenters. The van der Waals surface area contributed by atoms with Gasteiger partial charge in [-0.15, -0.1) is 0 Å². The number of rotatable bonds is 22. The highest BCUT2D eigenvalue weighted by molar-refractivity contribution is 7.91. The van der Waals surface area contributed by atoms with Crippen molar-refractivity contribution in [2.24, 2.45) is 0 Å². The van der Waals surface area contributed by atoms with Gasteiger partial charge in [-0.1, -0.05) is 96.5 Å². The first-order chi connectivity index (χ1) is 18.8. The molecule has 10 heteroatoms. The van der Waals surface area contributed by atoms with E-state index in [0.717, 1.165) is 82.8 Å². The maximum Gasteiger partial charge on any atom is 0.418 e. The zero-order valence-electron chi connectivity index (χ0n) is 24.5. The summed E-state index contributed by atoms with van der Waals surface area (Å²) in [6.45, 7) is 3.45. The van der Waals surface area contributed by atoms with Gasteiger partial charge in [0.1, 0.15) is 15.4 Å². The van der Waals surface area contributed by atoms with Crippen LogP contribution < -0.4 is 11.1 Å². The lowest BCUT2D eigenvalue weighted by atomic mass is 9.96. The van der Waals surface area contributed by atoms with Gasteiger partial charge in [-0.3, -0.25) is 4.79 Å². The molecule has 1 aromatic carbocycles. The number of aliphatic hydroxyl groups is 1. The fraction of sp³-hybridized carbons (Fsp3) is 0.767. The molecule has 1 aromatic rings. The fourth-order valence-corrected chi connectivity index (χ4v) is 6.17. The van der Waals surface area contributed by atoms with Crippen LogP contribution in [-0.2, 0) is 27.4 Å². The van der Waals surface area contributed by atoms with Gasteiger partial charge in [0, 0.05) is 12.2 Å². The quantitative estimate of drug-likeness (QED) is 0.0965. The molecule has 40 heavy (non-hydrogen) atoms. The van der Waals surface area contributed by atoms with Crippen molar-refractivity contribution in [1.82, 2.24) is 5.32 Å². The topological polar surface area (TPSA) is 109 Å². The Kier molecular flexibility index (Phi) is 16.8. The summed E-state index contributed by atoms with van der Waals surface area (Å²) in [6.07, 6.45) is 10.6.